The van der Waals surface area contributed by atoms with Gasteiger partial charge in [-0.25, -0.2) is 9.07 Å². The zero-order chi connectivity index (χ0) is 17.6. The summed E-state index contributed by atoms with van der Waals surface area (Å²) in [6.45, 7) is 4.45. The van der Waals surface area contributed by atoms with Gasteiger partial charge in [-0.15, -0.1) is 0 Å². The molecule has 1 saturated carbocycles. The Morgan fingerprint density at radius 3 is 2.64 bits per heavy atom. The smallest absolute Gasteiger partial charge is 0.223 e. The van der Waals surface area contributed by atoms with E-state index in [4.69, 9.17) is 0 Å². The van der Waals surface area contributed by atoms with Crippen molar-refractivity contribution in [3.63, 3.8) is 0 Å². The molecular weight excluding hydrogens is 317 g/mol. The molecule has 1 amide bonds. The third-order valence-electron chi connectivity index (χ3n) is 5.54. The SMILES string of the molecule is CC1(C)Cc2c(cnn2-c2ccc(F)cc2)[C@@H](NC(=O)C2CCC2)C1. The van der Waals surface area contributed by atoms with Crippen molar-refractivity contribution in [3.05, 3.63) is 47.5 Å². The van der Waals surface area contributed by atoms with Gasteiger partial charge in [-0.1, -0.05) is 20.3 Å². The highest BCUT2D eigenvalue weighted by atomic mass is 19.1. The standard InChI is InChI=1S/C20H24FN3O/c1-20(2)10-17(23-19(25)13-4-3-5-13)16-12-22-24(18(16)11-20)15-8-6-14(21)7-9-15/h6-9,12-13,17H,3-5,10-11H2,1-2H3,(H,23,25)/t17-/m0/s1. The summed E-state index contributed by atoms with van der Waals surface area (Å²) >= 11 is 0. The topological polar surface area (TPSA) is 46.9 Å². The summed E-state index contributed by atoms with van der Waals surface area (Å²) in [7, 11) is 0. The van der Waals surface area contributed by atoms with Crippen molar-refractivity contribution < 1.29 is 9.18 Å². The van der Waals surface area contributed by atoms with Crippen molar-refractivity contribution in [1.29, 1.82) is 0 Å². The summed E-state index contributed by atoms with van der Waals surface area (Å²) in [4.78, 5) is 12.4. The molecule has 4 rings (SSSR count). The molecule has 0 radical (unpaired) electrons. The lowest BCUT2D eigenvalue weighted by Crippen LogP contribution is -2.41. The van der Waals surface area contributed by atoms with Gasteiger partial charge >= 0.3 is 0 Å². The van der Waals surface area contributed by atoms with Gasteiger partial charge in [-0.2, -0.15) is 5.10 Å². The normalized spacial score (nSPS) is 22.1. The molecule has 0 saturated heterocycles. The third-order valence-corrected chi connectivity index (χ3v) is 5.54. The lowest BCUT2D eigenvalue weighted by Gasteiger charge is -2.37. The molecule has 1 fully saturated rings. The zero-order valence-electron chi connectivity index (χ0n) is 14.8. The zero-order valence-corrected chi connectivity index (χ0v) is 14.8. The monoisotopic (exact) mass is 341 g/mol. The molecule has 25 heavy (non-hydrogen) atoms. The van der Waals surface area contributed by atoms with E-state index >= 15 is 0 Å². The number of carbonyl (C=O) groups excluding carboxylic acids is 1. The molecule has 0 unspecified atom stereocenters. The number of rotatable bonds is 3. The summed E-state index contributed by atoms with van der Waals surface area (Å²) in [5.41, 5.74) is 3.13. The summed E-state index contributed by atoms with van der Waals surface area (Å²) in [5, 5.41) is 7.80. The molecule has 2 aromatic rings. The molecule has 5 heteroatoms. The molecule has 4 nitrogen and oxygen atoms in total. The van der Waals surface area contributed by atoms with Crippen LogP contribution in [0.25, 0.3) is 5.69 Å². The van der Waals surface area contributed by atoms with Gasteiger partial charge in [0.2, 0.25) is 5.91 Å². The number of hydrogen-bond donors (Lipinski definition) is 1. The number of benzene rings is 1. The Bertz CT molecular complexity index is 790. The van der Waals surface area contributed by atoms with Crippen molar-refractivity contribution in [1.82, 2.24) is 15.1 Å². The highest BCUT2D eigenvalue weighted by molar-refractivity contribution is 5.80. The fraction of sp³-hybridized carbons (Fsp3) is 0.500. The van der Waals surface area contributed by atoms with Crippen LogP contribution in [0.2, 0.25) is 0 Å². The molecular formula is C20H24FN3O. The van der Waals surface area contributed by atoms with Gasteiger partial charge in [0, 0.05) is 11.5 Å². The Labute approximate surface area is 147 Å². The fourth-order valence-corrected chi connectivity index (χ4v) is 3.94. The van der Waals surface area contributed by atoms with Gasteiger partial charge < -0.3 is 5.32 Å². The van der Waals surface area contributed by atoms with Crippen LogP contribution in [0.4, 0.5) is 4.39 Å². The van der Waals surface area contributed by atoms with E-state index in [1.54, 1.807) is 12.1 Å². The Hall–Kier alpha value is -2.17. The van der Waals surface area contributed by atoms with Crippen molar-refractivity contribution >= 4 is 5.91 Å². The number of aromatic nitrogens is 2. The predicted octanol–water partition coefficient (Wildman–Crippen LogP) is 3.94. The van der Waals surface area contributed by atoms with Gasteiger partial charge in [-0.3, -0.25) is 4.79 Å². The lowest BCUT2D eigenvalue weighted by atomic mass is 9.74. The number of hydrogen-bond acceptors (Lipinski definition) is 2. The van der Waals surface area contributed by atoms with Crippen LogP contribution in [0.5, 0.6) is 0 Å². The van der Waals surface area contributed by atoms with E-state index in [2.05, 4.69) is 24.3 Å². The molecule has 1 heterocycles. The van der Waals surface area contributed by atoms with E-state index in [0.29, 0.717) is 0 Å². The number of fused-ring (bicyclic) bond motifs is 1. The van der Waals surface area contributed by atoms with Crippen LogP contribution in [0.15, 0.2) is 30.5 Å². The maximum atomic E-state index is 13.2. The molecule has 2 aliphatic rings. The number of halogens is 1. The van der Waals surface area contributed by atoms with Gasteiger partial charge in [-0.05, 0) is 55.4 Å². The second-order valence-electron chi connectivity index (χ2n) is 8.17. The minimum absolute atomic E-state index is 0.000971. The molecule has 1 atom stereocenters. The van der Waals surface area contributed by atoms with E-state index in [9.17, 15) is 9.18 Å². The van der Waals surface area contributed by atoms with Crippen LogP contribution >= 0.6 is 0 Å². The number of nitrogens with zero attached hydrogens (tertiary/aromatic N) is 2. The van der Waals surface area contributed by atoms with Gasteiger partial charge in [0.05, 0.1) is 23.6 Å². The molecule has 1 aromatic heterocycles. The minimum Gasteiger partial charge on any atom is -0.349 e. The minimum atomic E-state index is -0.254. The van der Waals surface area contributed by atoms with Crippen LogP contribution in [-0.2, 0) is 11.2 Å². The first-order valence-corrected chi connectivity index (χ1v) is 9.06. The van der Waals surface area contributed by atoms with Gasteiger partial charge in [0.1, 0.15) is 5.82 Å². The molecule has 2 aliphatic carbocycles. The number of carbonyl (C=O) groups is 1. The lowest BCUT2D eigenvalue weighted by molar-refractivity contribution is -0.128. The Morgan fingerprint density at radius 1 is 1.28 bits per heavy atom. The fourth-order valence-electron chi connectivity index (χ4n) is 3.94. The molecule has 0 aliphatic heterocycles. The molecule has 132 valence electrons. The highest BCUT2D eigenvalue weighted by Crippen LogP contribution is 2.42. The maximum Gasteiger partial charge on any atom is 0.223 e. The second kappa shape index (κ2) is 5.97. The largest absolute Gasteiger partial charge is 0.349 e. The van der Waals surface area contributed by atoms with Crippen LogP contribution in [-0.4, -0.2) is 15.7 Å². The van der Waals surface area contributed by atoms with E-state index < -0.39 is 0 Å². The summed E-state index contributed by atoms with van der Waals surface area (Å²) in [6.07, 6.45) is 6.82. The average molecular weight is 341 g/mol. The summed E-state index contributed by atoms with van der Waals surface area (Å²) in [6, 6.07) is 6.39. The van der Waals surface area contributed by atoms with Crippen molar-refractivity contribution in [3.8, 4) is 5.69 Å². The van der Waals surface area contributed by atoms with Crippen molar-refractivity contribution in [2.24, 2.45) is 11.3 Å². The Morgan fingerprint density at radius 2 is 2.00 bits per heavy atom. The van der Waals surface area contributed by atoms with E-state index in [-0.39, 0.29) is 29.1 Å². The number of amides is 1. The number of nitrogens with one attached hydrogen (secondary N) is 1. The first kappa shape index (κ1) is 16.3. The first-order valence-electron chi connectivity index (χ1n) is 9.06. The quantitative estimate of drug-likeness (QED) is 0.919. The van der Waals surface area contributed by atoms with Crippen molar-refractivity contribution in [2.45, 2.75) is 52.0 Å². The summed E-state index contributed by atoms with van der Waals surface area (Å²) in [5.74, 6) is 0.103. The van der Waals surface area contributed by atoms with E-state index in [1.165, 1.54) is 12.1 Å². The molecule has 1 N–H and O–H groups in total. The molecule has 0 spiro atoms. The summed E-state index contributed by atoms with van der Waals surface area (Å²) < 4.78 is 15.1. The molecule has 1 aromatic carbocycles. The average Bonchev–Trinajstić information content (AvgIpc) is 2.88. The van der Waals surface area contributed by atoms with Crippen LogP contribution in [0.3, 0.4) is 0 Å². The Kier molecular flexibility index (Phi) is 3.89. The van der Waals surface area contributed by atoms with Crippen LogP contribution in [0.1, 0.15) is 56.8 Å². The van der Waals surface area contributed by atoms with Crippen LogP contribution in [0, 0.1) is 17.2 Å². The van der Waals surface area contributed by atoms with Gasteiger partial charge in [0.25, 0.3) is 0 Å². The maximum absolute atomic E-state index is 13.2. The van der Waals surface area contributed by atoms with E-state index in [1.807, 2.05) is 10.9 Å². The second-order valence-corrected chi connectivity index (χ2v) is 8.17. The predicted molar refractivity (Wildman–Crippen MR) is 93.8 cm³/mol. The van der Waals surface area contributed by atoms with Gasteiger partial charge in [0.15, 0.2) is 0 Å². The highest BCUT2D eigenvalue weighted by Gasteiger charge is 2.37. The Balaban J connectivity index is 1.66. The third kappa shape index (κ3) is 3.08. The van der Waals surface area contributed by atoms with E-state index in [0.717, 1.165) is 49.0 Å². The molecule has 0 bridgehead atoms. The van der Waals surface area contributed by atoms with Crippen LogP contribution < -0.4 is 5.32 Å². The first-order chi connectivity index (χ1) is 11.9. The van der Waals surface area contributed by atoms with Crippen molar-refractivity contribution in [2.75, 3.05) is 0 Å².